The third-order valence-electron chi connectivity index (χ3n) is 7.17. The molecule has 2 fully saturated rings. The molecule has 3 N–H and O–H groups in total. The van der Waals surface area contributed by atoms with Crippen LogP contribution in [0.1, 0.15) is 66.7 Å². The Bertz CT molecular complexity index is 752. The van der Waals surface area contributed by atoms with Crippen LogP contribution in [0.2, 0.25) is 0 Å². The Hall–Kier alpha value is -0.800. The van der Waals surface area contributed by atoms with Gasteiger partial charge in [-0.1, -0.05) is 34.6 Å². The Morgan fingerprint density at radius 3 is 1.85 bits per heavy atom. The molecule has 4 unspecified atom stereocenters. The van der Waals surface area contributed by atoms with E-state index in [4.69, 9.17) is 9.98 Å². The normalized spacial score (nSPS) is 29.9. The van der Waals surface area contributed by atoms with Crippen LogP contribution in [0.5, 0.6) is 0 Å². The van der Waals surface area contributed by atoms with Crippen LogP contribution in [0.25, 0.3) is 0 Å². The number of aliphatic hydroxyl groups is 1. The predicted molar refractivity (Wildman–Crippen MR) is 148 cm³/mol. The van der Waals surface area contributed by atoms with Gasteiger partial charge in [-0.05, 0) is 32.1 Å². The molecule has 0 aromatic heterocycles. The van der Waals surface area contributed by atoms with Crippen molar-refractivity contribution in [2.24, 2.45) is 9.98 Å². The molecule has 0 aromatic rings. The highest BCUT2D eigenvalue weighted by atomic mass is 32.2. The van der Waals surface area contributed by atoms with Gasteiger partial charge in [0.15, 0.2) is 11.9 Å². The summed E-state index contributed by atoms with van der Waals surface area (Å²) in [5, 5.41) is 16.9. The van der Waals surface area contributed by atoms with E-state index in [9.17, 15) is 5.11 Å². The molecule has 9 heteroatoms. The van der Waals surface area contributed by atoms with Crippen molar-refractivity contribution in [2.45, 2.75) is 100 Å². The molecule has 0 amide bonds. The summed E-state index contributed by atoms with van der Waals surface area (Å²) in [5.41, 5.74) is 0. The number of guanidine groups is 2. The molecule has 34 heavy (non-hydrogen) atoms. The van der Waals surface area contributed by atoms with Crippen LogP contribution >= 0.6 is 23.5 Å². The smallest absolute Gasteiger partial charge is 0.194 e. The summed E-state index contributed by atoms with van der Waals surface area (Å²) in [5.74, 6) is 4.38. The van der Waals surface area contributed by atoms with E-state index in [1.54, 1.807) is 0 Å². The number of nitrogens with one attached hydrogen (secondary N) is 2. The van der Waals surface area contributed by atoms with Gasteiger partial charge in [0.25, 0.3) is 0 Å². The lowest BCUT2D eigenvalue weighted by Crippen LogP contribution is -2.56. The highest BCUT2D eigenvalue weighted by Crippen LogP contribution is 2.34. The summed E-state index contributed by atoms with van der Waals surface area (Å²) in [4.78, 5) is 14.7. The van der Waals surface area contributed by atoms with Crippen molar-refractivity contribution in [3.63, 3.8) is 0 Å². The average molecular weight is 511 g/mol. The van der Waals surface area contributed by atoms with Crippen molar-refractivity contribution < 1.29 is 5.11 Å². The van der Waals surface area contributed by atoms with Gasteiger partial charge < -0.3 is 25.5 Å². The zero-order valence-electron chi connectivity index (χ0n) is 21.8. The Kier molecular flexibility index (Phi) is 8.56. The summed E-state index contributed by atoms with van der Waals surface area (Å²) in [6.07, 6.45) is 5.60. The summed E-state index contributed by atoms with van der Waals surface area (Å²) in [6.45, 7) is 16.2. The second kappa shape index (κ2) is 11.1. The molecule has 0 saturated carbocycles. The molecule has 4 aliphatic heterocycles. The highest BCUT2D eigenvalue weighted by Gasteiger charge is 2.33. The number of fused-ring (bicyclic) bond motifs is 2. The lowest BCUT2D eigenvalue weighted by atomic mass is 9.99. The molecule has 4 aliphatic rings. The summed E-state index contributed by atoms with van der Waals surface area (Å²) in [7, 11) is 0. The van der Waals surface area contributed by atoms with Gasteiger partial charge in [0.2, 0.25) is 0 Å². The van der Waals surface area contributed by atoms with Crippen molar-refractivity contribution >= 4 is 35.4 Å². The van der Waals surface area contributed by atoms with Crippen molar-refractivity contribution in [3.05, 3.63) is 0 Å². The Balaban J connectivity index is 1.26. The maximum absolute atomic E-state index is 9.48. The fourth-order valence-corrected chi connectivity index (χ4v) is 7.28. The first-order valence-electron chi connectivity index (χ1n) is 13.2. The molecule has 2 saturated heterocycles. The summed E-state index contributed by atoms with van der Waals surface area (Å²) in [6, 6.07) is 1.45. The second-order valence-electron chi connectivity index (χ2n) is 11.9. The van der Waals surface area contributed by atoms with Gasteiger partial charge in [-0.25, -0.2) is 9.98 Å². The van der Waals surface area contributed by atoms with E-state index in [0.29, 0.717) is 22.9 Å². The van der Waals surface area contributed by atoms with Gasteiger partial charge in [-0.2, -0.15) is 23.5 Å². The number of nitrogens with zero attached hydrogens (tertiary/aromatic N) is 4. The molecular weight excluding hydrogens is 464 g/mol. The van der Waals surface area contributed by atoms with E-state index in [-0.39, 0.29) is 17.4 Å². The Morgan fingerprint density at radius 2 is 1.29 bits per heavy atom. The number of thioether (sulfide) groups is 2. The molecule has 194 valence electrons. The lowest BCUT2D eigenvalue weighted by molar-refractivity contribution is 0.227. The largest absolute Gasteiger partial charge is 0.394 e. The van der Waals surface area contributed by atoms with E-state index in [1.807, 2.05) is 11.8 Å². The molecule has 4 rings (SSSR count). The molecule has 0 radical (unpaired) electrons. The van der Waals surface area contributed by atoms with Crippen LogP contribution in [0.4, 0.5) is 0 Å². The SMILES string of the molecule is CC(C)(C)SCC1CCN2CCC(CC(C)(C)SCC3CCN4CCC(CO)N=C4N3)N=C2N1. The molecule has 0 aromatic carbocycles. The average Bonchev–Trinajstić information content (AvgIpc) is 2.80. The first-order chi connectivity index (χ1) is 16.1. The number of hydrogen-bond acceptors (Lipinski definition) is 9. The van der Waals surface area contributed by atoms with Gasteiger partial charge in [0, 0.05) is 59.3 Å². The molecule has 0 aliphatic carbocycles. The standard InChI is InChI=1S/C25H46N6OS2/c1-24(2,3)33-16-20-8-12-30-10-6-18(26-22(30)28-20)14-25(4,5)34-17-21-9-13-31-11-7-19(15-32)27-23(31)29-21/h18-21,32H,6-17H2,1-5H3,(H,26,28)(H,27,29). The molecular formula is C25H46N6OS2. The Morgan fingerprint density at radius 1 is 0.794 bits per heavy atom. The van der Waals surface area contributed by atoms with Crippen molar-refractivity contribution in [2.75, 3.05) is 44.3 Å². The second-order valence-corrected chi connectivity index (χ2v) is 15.5. The zero-order chi connectivity index (χ0) is 24.3. The fraction of sp³-hybridized carbons (Fsp3) is 0.920. The van der Waals surface area contributed by atoms with Gasteiger partial charge in [-0.3, -0.25) is 0 Å². The molecule has 0 spiro atoms. The van der Waals surface area contributed by atoms with Crippen LogP contribution < -0.4 is 10.6 Å². The van der Waals surface area contributed by atoms with Gasteiger partial charge in [0.1, 0.15) is 0 Å². The maximum Gasteiger partial charge on any atom is 0.194 e. The number of aliphatic imine (C=N–C) groups is 2. The van der Waals surface area contributed by atoms with E-state index in [1.165, 1.54) is 6.42 Å². The van der Waals surface area contributed by atoms with Gasteiger partial charge >= 0.3 is 0 Å². The molecule has 0 bridgehead atoms. The van der Waals surface area contributed by atoms with Crippen LogP contribution in [-0.4, -0.2) is 105 Å². The minimum atomic E-state index is 0.0617. The monoisotopic (exact) mass is 510 g/mol. The van der Waals surface area contributed by atoms with E-state index >= 15 is 0 Å². The first-order valence-corrected chi connectivity index (χ1v) is 15.1. The minimum absolute atomic E-state index is 0.0617. The van der Waals surface area contributed by atoms with Gasteiger partial charge in [-0.15, -0.1) is 0 Å². The highest BCUT2D eigenvalue weighted by molar-refractivity contribution is 8.00. The first kappa shape index (κ1) is 26.3. The third-order valence-corrected chi connectivity index (χ3v) is 10.1. The van der Waals surface area contributed by atoms with E-state index < -0.39 is 0 Å². The summed E-state index contributed by atoms with van der Waals surface area (Å²) >= 11 is 4.12. The third kappa shape index (κ3) is 7.36. The van der Waals surface area contributed by atoms with E-state index in [0.717, 1.165) is 75.3 Å². The molecule has 7 nitrogen and oxygen atoms in total. The Labute approximate surface area is 215 Å². The fourth-order valence-electron chi connectivity index (χ4n) is 5.12. The molecule has 4 atom stereocenters. The maximum atomic E-state index is 9.48. The van der Waals surface area contributed by atoms with Crippen LogP contribution in [0, 0.1) is 0 Å². The predicted octanol–water partition coefficient (Wildman–Crippen LogP) is 3.00. The van der Waals surface area contributed by atoms with Crippen molar-refractivity contribution in [1.29, 1.82) is 0 Å². The lowest BCUT2D eigenvalue weighted by Gasteiger charge is -2.42. The minimum Gasteiger partial charge on any atom is -0.394 e. The quantitative estimate of drug-likeness (QED) is 0.463. The van der Waals surface area contributed by atoms with Crippen LogP contribution in [0.15, 0.2) is 9.98 Å². The van der Waals surface area contributed by atoms with Crippen molar-refractivity contribution in [3.8, 4) is 0 Å². The van der Waals surface area contributed by atoms with E-state index in [2.05, 4.69) is 66.8 Å². The zero-order valence-corrected chi connectivity index (χ0v) is 23.5. The van der Waals surface area contributed by atoms with Crippen LogP contribution in [0.3, 0.4) is 0 Å². The topological polar surface area (TPSA) is 75.5 Å². The van der Waals surface area contributed by atoms with Gasteiger partial charge in [0.05, 0.1) is 18.7 Å². The number of hydrogen-bond donors (Lipinski definition) is 3. The molecule has 4 heterocycles. The van der Waals surface area contributed by atoms with Crippen molar-refractivity contribution in [1.82, 2.24) is 20.4 Å². The van der Waals surface area contributed by atoms with Crippen LogP contribution in [-0.2, 0) is 0 Å². The number of rotatable bonds is 8. The number of aliphatic hydroxyl groups excluding tert-OH is 1. The summed E-state index contributed by atoms with van der Waals surface area (Å²) < 4.78 is 0.500.